The van der Waals surface area contributed by atoms with Gasteiger partial charge in [0.1, 0.15) is 5.82 Å². The molecule has 120 valence electrons. The van der Waals surface area contributed by atoms with Gasteiger partial charge in [-0.25, -0.2) is 4.39 Å². The summed E-state index contributed by atoms with van der Waals surface area (Å²) in [6.45, 7) is 2.90. The predicted molar refractivity (Wildman–Crippen MR) is 90.5 cm³/mol. The van der Waals surface area contributed by atoms with Gasteiger partial charge >= 0.3 is 0 Å². The van der Waals surface area contributed by atoms with Crippen molar-refractivity contribution in [3.05, 3.63) is 70.0 Å². The van der Waals surface area contributed by atoms with Crippen LogP contribution in [0.15, 0.2) is 42.5 Å². The molecule has 1 fully saturated rings. The Bertz CT molecular complexity index is 709. The number of aryl methyl sites for hydroxylation is 1. The van der Waals surface area contributed by atoms with Crippen LogP contribution in [0.4, 0.5) is 4.39 Å². The molecule has 0 N–H and O–H groups in total. The second-order valence-electron chi connectivity index (χ2n) is 6.03. The average molecular weight is 332 g/mol. The molecular formula is C19H19ClFNO. The molecule has 0 aliphatic carbocycles. The van der Waals surface area contributed by atoms with Crippen LogP contribution in [0.1, 0.15) is 40.2 Å². The van der Waals surface area contributed by atoms with Crippen molar-refractivity contribution >= 4 is 17.5 Å². The average Bonchev–Trinajstić information content (AvgIpc) is 2.59. The van der Waals surface area contributed by atoms with Crippen LogP contribution < -0.4 is 0 Å². The molecule has 3 rings (SSSR count). The minimum Gasteiger partial charge on any atom is -0.338 e. The van der Waals surface area contributed by atoms with Gasteiger partial charge in [0.15, 0.2) is 0 Å². The highest BCUT2D eigenvalue weighted by Gasteiger charge is 2.27. The van der Waals surface area contributed by atoms with Crippen molar-refractivity contribution < 1.29 is 9.18 Å². The topological polar surface area (TPSA) is 20.3 Å². The number of amides is 1. The number of benzene rings is 2. The molecule has 4 heteroatoms. The van der Waals surface area contributed by atoms with Crippen molar-refractivity contribution in [1.82, 2.24) is 4.90 Å². The summed E-state index contributed by atoms with van der Waals surface area (Å²) in [4.78, 5) is 14.3. The lowest BCUT2D eigenvalue weighted by Gasteiger charge is -2.32. The molecule has 23 heavy (non-hydrogen) atoms. The van der Waals surface area contributed by atoms with Crippen molar-refractivity contribution in [2.24, 2.45) is 0 Å². The number of hydrogen-bond acceptors (Lipinski definition) is 1. The van der Waals surface area contributed by atoms with Crippen LogP contribution in [-0.4, -0.2) is 23.9 Å². The highest BCUT2D eigenvalue weighted by Crippen LogP contribution is 2.30. The lowest BCUT2D eigenvalue weighted by Crippen LogP contribution is -2.38. The van der Waals surface area contributed by atoms with Crippen LogP contribution >= 0.6 is 11.6 Å². The molecule has 0 bridgehead atoms. The first-order valence-electron chi connectivity index (χ1n) is 7.86. The summed E-state index contributed by atoms with van der Waals surface area (Å²) in [5, 5.41) is 0.184. The largest absolute Gasteiger partial charge is 0.338 e. The zero-order valence-corrected chi connectivity index (χ0v) is 13.8. The first-order valence-corrected chi connectivity index (χ1v) is 8.24. The third kappa shape index (κ3) is 3.25. The smallest absolute Gasteiger partial charge is 0.258 e. The second kappa shape index (κ2) is 6.71. The van der Waals surface area contributed by atoms with E-state index < -0.39 is 5.82 Å². The fourth-order valence-electron chi connectivity index (χ4n) is 3.15. The lowest BCUT2D eigenvalue weighted by molar-refractivity contribution is 0.0708. The summed E-state index contributed by atoms with van der Waals surface area (Å²) in [7, 11) is 0. The maximum absolute atomic E-state index is 14.3. The van der Waals surface area contributed by atoms with E-state index >= 15 is 0 Å². The van der Waals surface area contributed by atoms with Crippen molar-refractivity contribution in [3.63, 3.8) is 0 Å². The quantitative estimate of drug-likeness (QED) is 0.773. The predicted octanol–water partition coefficient (Wildman–Crippen LogP) is 4.81. The normalized spacial score (nSPS) is 15.7. The van der Waals surface area contributed by atoms with E-state index in [4.69, 9.17) is 11.6 Å². The number of carbonyl (C=O) groups is 1. The van der Waals surface area contributed by atoms with Crippen LogP contribution in [0.25, 0.3) is 0 Å². The zero-order chi connectivity index (χ0) is 16.4. The van der Waals surface area contributed by atoms with Crippen LogP contribution in [0.5, 0.6) is 0 Å². The van der Waals surface area contributed by atoms with Crippen molar-refractivity contribution in [2.45, 2.75) is 25.7 Å². The summed E-state index contributed by atoms with van der Waals surface area (Å²) >= 11 is 6.05. The van der Waals surface area contributed by atoms with Crippen LogP contribution in [0, 0.1) is 12.7 Å². The first-order chi connectivity index (χ1) is 11.1. The molecule has 2 nitrogen and oxygen atoms in total. The molecule has 1 amide bonds. The third-order valence-electron chi connectivity index (χ3n) is 4.55. The van der Waals surface area contributed by atoms with Gasteiger partial charge in [-0.1, -0.05) is 48.0 Å². The minimum absolute atomic E-state index is 0.00447. The van der Waals surface area contributed by atoms with E-state index in [-0.39, 0.29) is 16.5 Å². The highest BCUT2D eigenvalue weighted by molar-refractivity contribution is 6.33. The molecule has 0 unspecified atom stereocenters. The van der Waals surface area contributed by atoms with Gasteiger partial charge in [0, 0.05) is 13.1 Å². The Morgan fingerprint density at radius 1 is 1.13 bits per heavy atom. The van der Waals surface area contributed by atoms with Gasteiger partial charge in [0.2, 0.25) is 0 Å². The van der Waals surface area contributed by atoms with E-state index in [0.717, 1.165) is 12.8 Å². The molecule has 1 aliphatic heterocycles. The fourth-order valence-corrected chi connectivity index (χ4v) is 3.38. The summed E-state index contributed by atoms with van der Waals surface area (Å²) < 4.78 is 14.3. The van der Waals surface area contributed by atoms with Gasteiger partial charge in [-0.15, -0.1) is 0 Å². The SMILES string of the molecule is Cc1ccc(Cl)c(C(=O)N2CCC(c3ccccc3)CC2)c1F. The standard InChI is InChI=1S/C19H19ClFNO/c1-13-7-8-16(20)17(18(13)21)19(23)22-11-9-15(10-12-22)14-5-3-2-4-6-14/h2-8,15H,9-12H2,1H3. The molecule has 1 heterocycles. The van der Waals surface area contributed by atoms with Crippen molar-refractivity contribution in [3.8, 4) is 0 Å². The molecule has 1 saturated heterocycles. The summed E-state index contributed by atoms with van der Waals surface area (Å²) in [5.41, 5.74) is 1.75. The van der Waals surface area contributed by atoms with Crippen LogP contribution in [0.2, 0.25) is 5.02 Å². The zero-order valence-electron chi connectivity index (χ0n) is 13.1. The number of piperidine rings is 1. The number of likely N-dealkylation sites (tertiary alicyclic amines) is 1. The number of rotatable bonds is 2. The Labute approximate surface area is 140 Å². The summed E-state index contributed by atoms with van der Waals surface area (Å²) in [6, 6.07) is 13.5. The van der Waals surface area contributed by atoms with Crippen molar-refractivity contribution in [2.75, 3.05) is 13.1 Å². The van der Waals surface area contributed by atoms with Gasteiger partial charge in [0.05, 0.1) is 10.6 Å². The van der Waals surface area contributed by atoms with Crippen molar-refractivity contribution in [1.29, 1.82) is 0 Å². The minimum atomic E-state index is -0.507. The maximum Gasteiger partial charge on any atom is 0.258 e. The number of halogens is 2. The van der Waals surface area contributed by atoms with E-state index in [2.05, 4.69) is 12.1 Å². The van der Waals surface area contributed by atoms with Gasteiger partial charge < -0.3 is 4.90 Å². The maximum atomic E-state index is 14.3. The van der Waals surface area contributed by atoms with E-state index in [1.807, 2.05) is 18.2 Å². The van der Waals surface area contributed by atoms with E-state index in [1.165, 1.54) is 5.56 Å². The summed E-state index contributed by atoms with van der Waals surface area (Å²) in [5.74, 6) is -0.353. The molecule has 0 radical (unpaired) electrons. The lowest BCUT2D eigenvalue weighted by atomic mass is 9.89. The highest BCUT2D eigenvalue weighted by atomic mass is 35.5. The molecule has 0 atom stereocenters. The number of carbonyl (C=O) groups excluding carboxylic acids is 1. The first kappa shape index (κ1) is 16.0. The fraction of sp³-hybridized carbons (Fsp3) is 0.316. The van der Waals surface area contributed by atoms with Crippen LogP contribution in [0.3, 0.4) is 0 Å². The number of hydrogen-bond donors (Lipinski definition) is 0. The molecule has 2 aromatic carbocycles. The Morgan fingerprint density at radius 2 is 1.78 bits per heavy atom. The van der Waals surface area contributed by atoms with Gasteiger partial charge in [-0.2, -0.15) is 0 Å². The monoisotopic (exact) mass is 331 g/mol. The van der Waals surface area contributed by atoms with Gasteiger partial charge in [-0.3, -0.25) is 4.79 Å². The Hall–Kier alpha value is -1.87. The second-order valence-corrected chi connectivity index (χ2v) is 6.44. The molecule has 1 aliphatic rings. The molecule has 0 aromatic heterocycles. The number of nitrogens with zero attached hydrogens (tertiary/aromatic N) is 1. The van der Waals surface area contributed by atoms with Crippen LogP contribution in [-0.2, 0) is 0 Å². The van der Waals surface area contributed by atoms with E-state index in [9.17, 15) is 9.18 Å². The molecular weight excluding hydrogens is 313 g/mol. The summed E-state index contributed by atoms with van der Waals surface area (Å²) in [6.07, 6.45) is 1.78. The van der Waals surface area contributed by atoms with Gasteiger partial charge in [-0.05, 0) is 42.9 Å². The molecule has 2 aromatic rings. The van der Waals surface area contributed by atoms with Gasteiger partial charge in [0.25, 0.3) is 5.91 Å². The Kier molecular flexibility index (Phi) is 4.67. The third-order valence-corrected chi connectivity index (χ3v) is 4.87. The molecule has 0 spiro atoms. The van der Waals surface area contributed by atoms with E-state index in [1.54, 1.807) is 24.0 Å². The van der Waals surface area contributed by atoms with E-state index in [0.29, 0.717) is 24.6 Å². The Balaban J connectivity index is 1.73. The molecule has 0 saturated carbocycles. The Morgan fingerprint density at radius 3 is 2.43 bits per heavy atom.